The monoisotopic (exact) mass is 356 g/mol. The van der Waals surface area contributed by atoms with Crippen molar-refractivity contribution in [3.8, 4) is 11.5 Å². The highest BCUT2D eigenvalue weighted by Crippen LogP contribution is 2.25. The Balaban J connectivity index is 1.85. The number of rotatable bonds is 7. The van der Waals surface area contributed by atoms with E-state index in [0.29, 0.717) is 16.4 Å². The molecule has 0 saturated carbocycles. The van der Waals surface area contributed by atoms with Crippen molar-refractivity contribution in [3.63, 3.8) is 0 Å². The summed E-state index contributed by atoms with van der Waals surface area (Å²) in [6.45, 7) is 0.0299. The molecule has 7 nitrogen and oxygen atoms in total. The van der Waals surface area contributed by atoms with Crippen LogP contribution in [-0.4, -0.2) is 28.0 Å². The molecule has 9 heteroatoms. The maximum Gasteiger partial charge on any atom is 0.258 e. The summed E-state index contributed by atoms with van der Waals surface area (Å²) in [7, 11) is -2.19. The number of carbonyl (C=O) groups is 1. The van der Waals surface area contributed by atoms with Crippen molar-refractivity contribution < 1.29 is 22.7 Å². The molecule has 1 heterocycles. The lowest BCUT2D eigenvalue weighted by atomic mass is 10.3. The molecular formula is C14H16N2O5S2. The Bertz CT molecular complexity index is 786. The third-order valence-corrected chi connectivity index (χ3v) is 5.33. The van der Waals surface area contributed by atoms with Gasteiger partial charge < -0.3 is 14.8 Å². The summed E-state index contributed by atoms with van der Waals surface area (Å²) in [6.07, 6.45) is 0. The van der Waals surface area contributed by atoms with E-state index >= 15 is 0 Å². The average molecular weight is 356 g/mol. The lowest BCUT2D eigenvalue weighted by Crippen LogP contribution is -2.28. The van der Waals surface area contributed by atoms with Crippen LogP contribution in [0.4, 0.5) is 0 Å². The van der Waals surface area contributed by atoms with Gasteiger partial charge in [0.25, 0.3) is 5.91 Å². The van der Waals surface area contributed by atoms with Crippen LogP contribution in [0.1, 0.15) is 4.88 Å². The number of ether oxygens (including phenoxy) is 2. The number of thiophene rings is 1. The molecule has 0 radical (unpaired) electrons. The molecule has 3 N–H and O–H groups in total. The van der Waals surface area contributed by atoms with Gasteiger partial charge in [-0.15, -0.1) is 11.3 Å². The average Bonchev–Trinajstić information content (AvgIpc) is 3.00. The highest BCUT2D eigenvalue weighted by molar-refractivity contribution is 7.91. The third kappa shape index (κ3) is 4.95. The molecule has 0 atom stereocenters. The number of sulfonamides is 1. The van der Waals surface area contributed by atoms with E-state index in [1.807, 2.05) is 0 Å². The summed E-state index contributed by atoms with van der Waals surface area (Å²) in [5.41, 5.74) is 0. The van der Waals surface area contributed by atoms with Crippen LogP contribution in [0, 0.1) is 0 Å². The lowest BCUT2D eigenvalue weighted by Gasteiger charge is -2.10. The number of carbonyl (C=O) groups excluding carboxylic acids is 1. The minimum absolute atomic E-state index is 0.0621. The Hall–Kier alpha value is -2.10. The van der Waals surface area contributed by atoms with E-state index in [2.05, 4.69) is 5.32 Å². The quantitative estimate of drug-likeness (QED) is 0.772. The van der Waals surface area contributed by atoms with Gasteiger partial charge in [0, 0.05) is 4.88 Å². The van der Waals surface area contributed by atoms with E-state index < -0.39 is 10.0 Å². The molecule has 0 aliphatic heterocycles. The van der Waals surface area contributed by atoms with Crippen molar-refractivity contribution in [1.29, 1.82) is 0 Å². The predicted molar refractivity (Wildman–Crippen MR) is 86.0 cm³/mol. The van der Waals surface area contributed by atoms with Gasteiger partial charge in [-0.2, -0.15) is 0 Å². The molecule has 0 spiro atoms. The van der Waals surface area contributed by atoms with Crippen LogP contribution in [0.5, 0.6) is 11.5 Å². The van der Waals surface area contributed by atoms with Gasteiger partial charge in [0.05, 0.1) is 13.7 Å². The fraction of sp³-hybridized carbons (Fsp3) is 0.214. The summed E-state index contributed by atoms with van der Waals surface area (Å²) >= 11 is 1.01. The maximum absolute atomic E-state index is 11.8. The molecule has 0 unspecified atom stereocenters. The zero-order chi connectivity index (χ0) is 16.9. The second-order valence-electron chi connectivity index (χ2n) is 4.48. The normalized spacial score (nSPS) is 11.0. The van der Waals surface area contributed by atoms with Gasteiger partial charge in [0.2, 0.25) is 10.0 Å². The number of hydrogen-bond donors (Lipinski definition) is 2. The van der Waals surface area contributed by atoms with Gasteiger partial charge in [0.15, 0.2) is 18.1 Å². The first kappa shape index (κ1) is 17.3. The highest BCUT2D eigenvalue weighted by Gasteiger charge is 2.12. The van der Waals surface area contributed by atoms with Gasteiger partial charge in [-0.25, -0.2) is 13.6 Å². The second-order valence-corrected chi connectivity index (χ2v) is 7.44. The van der Waals surface area contributed by atoms with Crippen molar-refractivity contribution in [2.45, 2.75) is 10.8 Å². The van der Waals surface area contributed by atoms with Crippen LogP contribution in [0.2, 0.25) is 0 Å². The number of para-hydroxylation sites is 2. The Labute approximate surface area is 138 Å². The fourth-order valence-corrected chi connectivity index (χ4v) is 3.44. The zero-order valence-corrected chi connectivity index (χ0v) is 13.9. The van der Waals surface area contributed by atoms with E-state index in [1.165, 1.54) is 13.2 Å². The molecular weight excluding hydrogens is 340 g/mol. The standard InChI is InChI=1S/C14H16N2O5S2/c1-20-11-4-2-3-5-12(11)21-9-13(17)16-8-10-6-7-14(22-10)23(15,18)19/h2-7H,8-9H2,1H3,(H,16,17)(H2,15,18,19). The molecule has 1 aromatic carbocycles. The molecule has 0 aliphatic rings. The van der Waals surface area contributed by atoms with Gasteiger partial charge in [0.1, 0.15) is 4.21 Å². The number of benzene rings is 1. The van der Waals surface area contributed by atoms with Crippen molar-refractivity contribution in [2.24, 2.45) is 5.14 Å². The molecule has 124 valence electrons. The van der Waals surface area contributed by atoms with Crippen molar-refractivity contribution in [3.05, 3.63) is 41.3 Å². The van der Waals surface area contributed by atoms with Gasteiger partial charge in [-0.05, 0) is 24.3 Å². The zero-order valence-electron chi connectivity index (χ0n) is 12.3. The summed E-state index contributed by atoms with van der Waals surface area (Å²) in [5, 5.41) is 7.67. The van der Waals surface area contributed by atoms with Crippen LogP contribution in [0.25, 0.3) is 0 Å². The number of hydrogen-bond acceptors (Lipinski definition) is 6. The molecule has 23 heavy (non-hydrogen) atoms. The topological polar surface area (TPSA) is 108 Å². The Morgan fingerprint density at radius 3 is 2.52 bits per heavy atom. The molecule has 2 aromatic rings. The molecule has 0 aliphatic carbocycles. The van der Waals surface area contributed by atoms with E-state index in [0.717, 1.165) is 11.3 Å². The number of methoxy groups -OCH3 is 1. The summed E-state index contributed by atoms with van der Waals surface area (Å²) in [5.74, 6) is 0.676. The lowest BCUT2D eigenvalue weighted by molar-refractivity contribution is -0.123. The van der Waals surface area contributed by atoms with Crippen molar-refractivity contribution in [1.82, 2.24) is 5.32 Å². The smallest absolute Gasteiger partial charge is 0.258 e. The van der Waals surface area contributed by atoms with E-state index in [9.17, 15) is 13.2 Å². The van der Waals surface area contributed by atoms with Gasteiger partial charge in [-0.3, -0.25) is 4.79 Å². The predicted octanol–water partition coefficient (Wildman–Crippen LogP) is 1.10. The number of nitrogens with two attached hydrogens (primary N) is 1. The summed E-state index contributed by atoms with van der Waals surface area (Å²) in [6, 6.07) is 10.0. The van der Waals surface area contributed by atoms with Crippen molar-refractivity contribution >= 4 is 27.3 Å². The summed E-state index contributed by atoms with van der Waals surface area (Å²) < 4.78 is 32.9. The van der Waals surface area contributed by atoms with Gasteiger partial charge in [-0.1, -0.05) is 12.1 Å². The first-order valence-electron chi connectivity index (χ1n) is 6.54. The van der Waals surface area contributed by atoms with Gasteiger partial charge >= 0.3 is 0 Å². The number of amides is 1. The Kier molecular flexibility index (Phi) is 5.59. The molecule has 0 bridgehead atoms. The SMILES string of the molecule is COc1ccccc1OCC(=O)NCc1ccc(S(N)(=O)=O)s1. The van der Waals surface area contributed by atoms with Crippen molar-refractivity contribution in [2.75, 3.05) is 13.7 Å². The van der Waals surface area contributed by atoms with Crippen LogP contribution < -0.4 is 19.9 Å². The largest absolute Gasteiger partial charge is 0.493 e. The number of nitrogens with one attached hydrogen (secondary N) is 1. The van der Waals surface area contributed by atoms with Crippen LogP contribution in [0.3, 0.4) is 0 Å². The van der Waals surface area contributed by atoms with Crippen LogP contribution >= 0.6 is 11.3 Å². The maximum atomic E-state index is 11.8. The fourth-order valence-electron chi connectivity index (χ4n) is 1.72. The summed E-state index contributed by atoms with van der Waals surface area (Å²) in [4.78, 5) is 12.5. The second kappa shape index (κ2) is 7.44. The molecule has 1 amide bonds. The number of primary sulfonamides is 1. The van der Waals surface area contributed by atoms with Crippen LogP contribution in [0.15, 0.2) is 40.6 Å². The van der Waals surface area contributed by atoms with E-state index in [-0.39, 0.29) is 23.3 Å². The molecule has 2 rings (SSSR count). The van der Waals surface area contributed by atoms with E-state index in [1.54, 1.807) is 30.3 Å². The first-order chi connectivity index (χ1) is 10.9. The Morgan fingerprint density at radius 1 is 1.22 bits per heavy atom. The minimum Gasteiger partial charge on any atom is -0.493 e. The molecule has 0 saturated heterocycles. The Morgan fingerprint density at radius 2 is 1.91 bits per heavy atom. The van der Waals surface area contributed by atoms with E-state index in [4.69, 9.17) is 14.6 Å². The third-order valence-electron chi connectivity index (χ3n) is 2.81. The minimum atomic E-state index is -3.71. The molecule has 1 aromatic heterocycles. The van der Waals surface area contributed by atoms with Crippen LogP contribution in [-0.2, 0) is 21.4 Å². The first-order valence-corrected chi connectivity index (χ1v) is 8.90. The highest BCUT2D eigenvalue weighted by atomic mass is 32.2. The molecule has 0 fully saturated rings.